The maximum Gasteiger partial charge on any atom is 0.338 e. The molecule has 7 nitrogen and oxygen atoms in total. The van der Waals surface area contributed by atoms with Crippen LogP contribution in [0.15, 0.2) is 64.0 Å². The molecule has 0 bridgehead atoms. The number of aromatic nitrogens is 1. The van der Waals surface area contributed by atoms with Gasteiger partial charge < -0.3 is 9.15 Å². The topological polar surface area (TPSA) is 89.7 Å². The molecule has 4 rings (SSSR count). The van der Waals surface area contributed by atoms with Crippen LogP contribution in [0.3, 0.4) is 0 Å². The Labute approximate surface area is 179 Å². The predicted molar refractivity (Wildman–Crippen MR) is 110 cm³/mol. The van der Waals surface area contributed by atoms with Crippen LogP contribution in [-0.2, 0) is 21.4 Å². The molecule has 1 aromatic heterocycles. The summed E-state index contributed by atoms with van der Waals surface area (Å²) in [6.45, 7) is 0.436. The van der Waals surface area contributed by atoms with E-state index in [2.05, 4.69) is 4.98 Å². The molecule has 0 atom stereocenters. The lowest BCUT2D eigenvalue weighted by molar-refractivity contribution is 0.0438. The highest BCUT2D eigenvalue weighted by atomic mass is 32.2. The van der Waals surface area contributed by atoms with E-state index in [-0.39, 0.29) is 18.1 Å². The summed E-state index contributed by atoms with van der Waals surface area (Å²) in [7, 11) is -4.02. The SMILES string of the molecule is O=C(OCc1ncc(-c2ccccc2)o1)c1ccc(F)c(S(=O)(=O)N2CCCCC2)c1. The number of halogens is 1. The number of esters is 1. The molecular weight excluding hydrogens is 423 g/mol. The largest absolute Gasteiger partial charge is 0.452 e. The summed E-state index contributed by atoms with van der Waals surface area (Å²) in [5.74, 6) is -0.976. The fraction of sp³-hybridized carbons (Fsp3) is 0.273. The zero-order chi connectivity index (χ0) is 21.8. The quantitative estimate of drug-likeness (QED) is 0.534. The standard InChI is InChI=1S/C22H21FN2O5S/c23-18-10-9-17(13-20(18)31(27,28)25-11-5-2-6-12-25)22(26)29-15-21-24-14-19(30-21)16-7-3-1-4-8-16/h1,3-4,7-10,13-14H,2,5-6,11-12,15H2. The number of nitrogens with zero attached hydrogens (tertiary/aromatic N) is 2. The van der Waals surface area contributed by atoms with Crippen LogP contribution in [0.1, 0.15) is 35.5 Å². The van der Waals surface area contributed by atoms with E-state index < -0.39 is 26.7 Å². The lowest BCUT2D eigenvalue weighted by Crippen LogP contribution is -2.36. The van der Waals surface area contributed by atoms with Crippen LogP contribution in [0.2, 0.25) is 0 Å². The van der Waals surface area contributed by atoms with Gasteiger partial charge in [0.1, 0.15) is 10.7 Å². The lowest BCUT2D eigenvalue weighted by Gasteiger charge is -2.26. The fourth-order valence-electron chi connectivity index (χ4n) is 3.40. The Morgan fingerprint density at radius 2 is 1.84 bits per heavy atom. The molecule has 0 amide bonds. The van der Waals surface area contributed by atoms with Gasteiger partial charge in [0.15, 0.2) is 12.4 Å². The summed E-state index contributed by atoms with van der Waals surface area (Å²) in [6, 6.07) is 12.5. The van der Waals surface area contributed by atoms with Crippen molar-refractivity contribution in [2.45, 2.75) is 30.8 Å². The normalized spacial score (nSPS) is 15.0. The van der Waals surface area contributed by atoms with Crippen molar-refractivity contribution in [1.29, 1.82) is 0 Å². The van der Waals surface area contributed by atoms with Crippen LogP contribution in [0.5, 0.6) is 0 Å². The third kappa shape index (κ3) is 4.67. The molecule has 0 saturated carbocycles. The maximum atomic E-state index is 14.3. The van der Waals surface area contributed by atoms with E-state index in [4.69, 9.17) is 9.15 Å². The molecule has 162 valence electrons. The molecule has 31 heavy (non-hydrogen) atoms. The summed E-state index contributed by atoms with van der Waals surface area (Å²) in [4.78, 5) is 16.0. The van der Waals surface area contributed by atoms with Crippen molar-refractivity contribution in [3.8, 4) is 11.3 Å². The van der Waals surface area contributed by atoms with Crippen LogP contribution in [-0.4, -0.2) is 36.8 Å². The highest BCUT2D eigenvalue weighted by Crippen LogP contribution is 2.25. The van der Waals surface area contributed by atoms with Crippen molar-refractivity contribution in [1.82, 2.24) is 9.29 Å². The molecule has 2 heterocycles. The van der Waals surface area contributed by atoms with Gasteiger partial charge in [-0.25, -0.2) is 22.6 Å². The van der Waals surface area contributed by atoms with E-state index in [1.165, 1.54) is 16.6 Å². The van der Waals surface area contributed by atoms with E-state index >= 15 is 0 Å². The summed E-state index contributed by atoms with van der Waals surface area (Å²) in [5, 5.41) is 0. The minimum Gasteiger partial charge on any atom is -0.452 e. The predicted octanol–water partition coefficient (Wildman–Crippen LogP) is 4.01. The summed E-state index contributed by atoms with van der Waals surface area (Å²) >= 11 is 0. The van der Waals surface area contributed by atoms with Gasteiger partial charge in [0.2, 0.25) is 15.9 Å². The molecule has 0 radical (unpaired) electrons. The van der Waals surface area contributed by atoms with Gasteiger partial charge in [-0.2, -0.15) is 4.31 Å². The van der Waals surface area contributed by atoms with Crippen molar-refractivity contribution >= 4 is 16.0 Å². The fourth-order valence-corrected chi connectivity index (χ4v) is 5.00. The number of rotatable bonds is 6. The van der Waals surface area contributed by atoms with Gasteiger partial charge in [0.05, 0.1) is 11.8 Å². The van der Waals surface area contributed by atoms with Crippen LogP contribution < -0.4 is 0 Å². The van der Waals surface area contributed by atoms with Crippen molar-refractivity contribution < 1.29 is 26.8 Å². The third-order valence-corrected chi connectivity index (χ3v) is 6.95. The van der Waals surface area contributed by atoms with Crippen molar-refractivity contribution in [2.24, 2.45) is 0 Å². The minimum absolute atomic E-state index is 0.0631. The molecule has 1 saturated heterocycles. The lowest BCUT2D eigenvalue weighted by atomic mass is 10.2. The van der Waals surface area contributed by atoms with Gasteiger partial charge in [0, 0.05) is 18.7 Å². The molecule has 0 aliphatic carbocycles. The zero-order valence-corrected chi connectivity index (χ0v) is 17.5. The number of benzene rings is 2. The number of ether oxygens (including phenoxy) is 1. The van der Waals surface area contributed by atoms with Gasteiger partial charge in [-0.1, -0.05) is 36.8 Å². The van der Waals surface area contributed by atoms with Gasteiger partial charge in [-0.15, -0.1) is 0 Å². The van der Waals surface area contributed by atoms with Crippen molar-refractivity contribution in [2.75, 3.05) is 13.1 Å². The Balaban J connectivity index is 1.47. The Bertz CT molecular complexity index is 1170. The second-order valence-corrected chi connectivity index (χ2v) is 9.08. The molecule has 0 unspecified atom stereocenters. The minimum atomic E-state index is -4.02. The first-order chi connectivity index (χ1) is 14.9. The molecule has 9 heteroatoms. The molecule has 1 aliphatic rings. The number of oxazole rings is 1. The first-order valence-corrected chi connectivity index (χ1v) is 11.4. The molecule has 3 aromatic rings. The van der Waals surface area contributed by atoms with E-state index in [0.717, 1.165) is 37.0 Å². The van der Waals surface area contributed by atoms with Gasteiger partial charge in [0.25, 0.3) is 0 Å². The van der Waals surface area contributed by atoms with Gasteiger partial charge >= 0.3 is 5.97 Å². The van der Waals surface area contributed by atoms with Crippen LogP contribution in [0.25, 0.3) is 11.3 Å². The van der Waals surface area contributed by atoms with Gasteiger partial charge in [-0.3, -0.25) is 0 Å². The maximum absolute atomic E-state index is 14.3. The van der Waals surface area contributed by atoms with E-state index in [0.29, 0.717) is 18.8 Å². The van der Waals surface area contributed by atoms with Crippen LogP contribution in [0.4, 0.5) is 4.39 Å². The Morgan fingerprint density at radius 1 is 1.10 bits per heavy atom. The second-order valence-electron chi connectivity index (χ2n) is 7.17. The molecule has 1 aliphatic heterocycles. The van der Waals surface area contributed by atoms with E-state index in [9.17, 15) is 17.6 Å². The highest BCUT2D eigenvalue weighted by molar-refractivity contribution is 7.89. The van der Waals surface area contributed by atoms with Crippen LogP contribution in [0, 0.1) is 5.82 Å². The number of carbonyl (C=O) groups is 1. The number of carbonyl (C=O) groups excluding carboxylic acids is 1. The monoisotopic (exact) mass is 444 g/mol. The number of sulfonamides is 1. The number of hydrogen-bond acceptors (Lipinski definition) is 6. The van der Waals surface area contributed by atoms with Crippen molar-refractivity contribution in [3.63, 3.8) is 0 Å². The molecule has 2 aromatic carbocycles. The Kier molecular flexibility index (Phi) is 6.15. The van der Waals surface area contributed by atoms with Gasteiger partial charge in [-0.05, 0) is 31.0 Å². The number of hydrogen-bond donors (Lipinski definition) is 0. The van der Waals surface area contributed by atoms with E-state index in [1.54, 1.807) is 0 Å². The summed E-state index contributed by atoms with van der Waals surface area (Å²) in [6.07, 6.45) is 3.92. The molecular formula is C22H21FN2O5S. The molecule has 1 fully saturated rings. The Morgan fingerprint density at radius 3 is 2.58 bits per heavy atom. The van der Waals surface area contributed by atoms with Crippen LogP contribution >= 0.6 is 0 Å². The Hall–Kier alpha value is -3.04. The second kappa shape index (κ2) is 8.99. The summed E-state index contributed by atoms with van der Waals surface area (Å²) < 4.78 is 52.0. The average Bonchev–Trinajstić information content (AvgIpc) is 3.28. The smallest absolute Gasteiger partial charge is 0.338 e. The third-order valence-electron chi connectivity index (χ3n) is 5.04. The zero-order valence-electron chi connectivity index (χ0n) is 16.7. The summed E-state index contributed by atoms with van der Waals surface area (Å²) in [5.41, 5.74) is 0.769. The average molecular weight is 444 g/mol. The first-order valence-electron chi connectivity index (χ1n) is 9.92. The molecule has 0 N–H and O–H groups in total. The number of piperidine rings is 1. The first kappa shape index (κ1) is 21.2. The van der Waals surface area contributed by atoms with Crippen molar-refractivity contribution in [3.05, 3.63) is 72.0 Å². The van der Waals surface area contributed by atoms with E-state index in [1.807, 2.05) is 30.3 Å². The molecule has 0 spiro atoms. The highest BCUT2D eigenvalue weighted by Gasteiger charge is 2.29.